The molecule has 0 bridgehead atoms. The molecule has 2 aromatic rings. The van der Waals surface area contributed by atoms with Crippen molar-refractivity contribution in [1.82, 2.24) is 10.6 Å². The van der Waals surface area contributed by atoms with Crippen LogP contribution in [0.5, 0.6) is 0 Å². The maximum atomic E-state index is 12.9. The summed E-state index contributed by atoms with van der Waals surface area (Å²) in [5.74, 6) is -1.20. The predicted molar refractivity (Wildman–Crippen MR) is 130 cm³/mol. The number of aliphatic carboxylic acids is 1. The van der Waals surface area contributed by atoms with Gasteiger partial charge in [-0.2, -0.15) is 0 Å². The summed E-state index contributed by atoms with van der Waals surface area (Å²) in [6.07, 6.45) is 0.877. The minimum absolute atomic E-state index is 0.0288. The van der Waals surface area contributed by atoms with Gasteiger partial charge in [0.15, 0.2) is 0 Å². The molecule has 35 heavy (non-hydrogen) atoms. The number of benzene rings is 2. The van der Waals surface area contributed by atoms with E-state index in [4.69, 9.17) is 14.6 Å². The number of amides is 2. The van der Waals surface area contributed by atoms with Crippen molar-refractivity contribution in [1.29, 1.82) is 0 Å². The average molecular weight is 481 g/mol. The molecule has 2 aliphatic carbocycles. The maximum absolute atomic E-state index is 12.9. The Morgan fingerprint density at radius 2 is 1.66 bits per heavy atom. The molecule has 0 heterocycles. The highest BCUT2D eigenvalue weighted by molar-refractivity contribution is 5.84. The third-order valence-corrected chi connectivity index (χ3v) is 7.00. The Morgan fingerprint density at radius 3 is 2.20 bits per heavy atom. The summed E-state index contributed by atoms with van der Waals surface area (Å²) in [5, 5.41) is 14.6. The van der Waals surface area contributed by atoms with E-state index in [0.717, 1.165) is 28.7 Å². The fraction of sp³-hybridized carbons (Fsp3) is 0.444. The number of hydrogen-bond acceptors (Lipinski definition) is 5. The van der Waals surface area contributed by atoms with Gasteiger partial charge in [0.2, 0.25) is 5.91 Å². The van der Waals surface area contributed by atoms with E-state index in [2.05, 4.69) is 34.9 Å². The number of hydrogen-bond donors (Lipinski definition) is 3. The van der Waals surface area contributed by atoms with E-state index >= 15 is 0 Å². The van der Waals surface area contributed by atoms with Crippen molar-refractivity contribution in [2.24, 2.45) is 5.41 Å². The van der Waals surface area contributed by atoms with Gasteiger partial charge in [-0.1, -0.05) is 55.0 Å². The zero-order chi connectivity index (χ0) is 24.8. The van der Waals surface area contributed by atoms with Crippen LogP contribution < -0.4 is 10.6 Å². The average Bonchev–Trinajstić information content (AvgIpc) is 3.14. The summed E-state index contributed by atoms with van der Waals surface area (Å²) in [4.78, 5) is 36.5. The summed E-state index contributed by atoms with van der Waals surface area (Å²) < 4.78 is 11.0. The van der Waals surface area contributed by atoms with E-state index in [1.54, 1.807) is 6.92 Å². The van der Waals surface area contributed by atoms with Crippen LogP contribution in [0.15, 0.2) is 48.5 Å². The van der Waals surface area contributed by atoms with E-state index in [1.165, 1.54) is 0 Å². The van der Waals surface area contributed by atoms with Crippen molar-refractivity contribution in [2.45, 2.75) is 44.6 Å². The fourth-order valence-corrected chi connectivity index (χ4v) is 4.99. The van der Waals surface area contributed by atoms with Gasteiger partial charge in [-0.15, -0.1) is 0 Å². The highest BCUT2D eigenvalue weighted by atomic mass is 16.5. The summed E-state index contributed by atoms with van der Waals surface area (Å²) in [6.45, 7) is 2.65. The van der Waals surface area contributed by atoms with Crippen LogP contribution in [-0.2, 0) is 19.1 Å². The Morgan fingerprint density at radius 1 is 1.03 bits per heavy atom. The number of rotatable bonds is 11. The molecule has 1 fully saturated rings. The number of carbonyl (C=O) groups excluding carboxylic acids is 2. The second-order valence-electron chi connectivity index (χ2n) is 9.20. The van der Waals surface area contributed by atoms with Crippen LogP contribution in [-0.4, -0.2) is 55.5 Å². The van der Waals surface area contributed by atoms with Gasteiger partial charge in [-0.05, 0) is 42.0 Å². The molecule has 0 aliphatic heterocycles. The largest absolute Gasteiger partial charge is 0.481 e. The molecule has 4 rings (SSSR count). The second kappa shape index (κ2) is 10.9. The monoisotopic (exact) mass is 480 g/mol. The number of alkyl carbamates (subject to hydrolysis) is 1. The molecular formula is C27H32N2O6. The number of carboxylic acid groups (broad SMARTS) is 1. The normalized spacial score (nSPS) is 16.4. The summed E-state index contributed by atoms with van der Waals surface area (Å²) in [5.41, 5.74) is 3.90. The van der Waals surface area contributed by atoms with Crippen LogP contribution in [0.2, 0.25) is 0 Å². The molecule has 2 amide bonds. The van der Waals surface area contributed by atoms with Gasteiger partial charge in [0, 0.05) is 25.6 Å². The van der Waals surface area contributed by atoms with Gasteiger partial charge in [0.05, 0.1) is 17.9 Å². The number of fused-ring (bicyclic) bond motifs is 3. The third kappa shape index (κ3) is 5.48. The van der Waals surface area contributed by atoms with Crippen molar-refractivity contribution in [2.75, 3.05) is 26.3 Å². The van der Waals surface area contributed by atoms with Crippen LogP contribution in [0.1, 0.15) is 49.7 Å². The Kier molecular flexibility index (Phi) is 7.70. The van der Waals surface area contributed by atoms with Crippen LogP contribution in [0.25, 0.3) is 11.1 Å². The van der Waals surface area contributed by atoms with Crippen LogP contribution in [0.4, 0.5) is 4.79 Å². The van der Waals surface area contributed by atoms with E-state index in [-0.39, 0.29) is 37.9 Å². The fourth-order valence-electron chi connectivity index (χ4n) is 4.99. The van der Waals surface area contributed by atoms with Crippen molar-refractivity contribution in [3.05, 3.63) is 59.7 Å². The van der Waals surface area contributed by atoms with Gasteiger partial charge < -0.3 is 25.2 Å². The molecule has 186 valence electrons. The number of ether oxygens (including phenoxy) is 2. The third-order valence-electron chi connectivity index (χ3n) is 7.00. The summed E-state index contributed by atoms with van der Waals surface area (Å²) in [6, 6.07) is 16.3. The second-order valence-corrected chi connectivity index (χ2v) is 9.20. The Bertz CT molecular complexity index is 1040. The minimum Gasteiger partial charge on any atom is -0.481 e. The first kappa shape index (κ1) is 24.7. The molecule has 0 spiro atoms. The first-order chi connectivity index (χ1) is 16.9. The first-order valence-electron chi connectivity index (χ1n) is 12.1. The maximum Gasteiger partial charge on any atom is 0.407 e. The highest BCUT2D eigenvalue weighted by Crippen LogP contribution is 2.44. The standard InChI is InChI=1S/C27H32N2O6/c1-2-34-18(14-24(30)31)15-28-25(32)27(12-7-13-27)17-29-26(33)35-16-23-21-10-5-3-8-19(21)20-9-4-6-11-22(20)23/h3-6,8-11,18,23H,2,7,12-17H2,1H3,(H,28,32)(H,29,33)(H,30,31). The van der Waals surface area contributed by atoms with Crippen molar-refractivity contribution >= 4 is 18.0 Å². The van der Waals surface area contributed by atoms with Crippen molar-refractivity contribution in [3.8, 4) is 11.1 Å². The summed E-state index contributed by atoms with van der Waals surface area (Å²) in [7, 11) is 0. The first-order valence-corrected chi connectivity index (χ1v) is 12.1. The SMILES string of the molecule is CCOC(CNC(=O)C1(CNC(=O)OCC2c3ccccc3-c3ccccc32)CCC1)CC(=O)O. The van der Waals surface area contributed by atoms with Crippen LogP contribution >= 0.6 is 0 Å². The molecule has 2 aromatic carbocycles. The van der Waals surface area contributed by atoms with E-state index < -0.39 is 23.6 Å². The molecular weight excluding hydrogens is 448 g/mol. The molecule has 8 heteroatoms. The number of carbonyl (C=O) groups is 3. The van der Waals surface area contributed by atoms with Crippen molar-refractivity contribution in [3.63, 3.8) is 0 Å². The van der Waals surface area contributed by atoms with Gasteiger partial charge in [-0.25, -0.2) is 4.79 Å². The molecule has 1 saturated carbocycles. The highest BCUT2D eigenvalue weighted by Gasteiger charge is 2.44. The molecule has 0 radical (unpaired) electrons. The smallest absolute Gasteiger partial charge is 0.407 e. The van der Waals surface area contributed by atoms with E-state index in [1.807, 2.05) is 24.3 Å². The van der Waals surface area contributed by atoms with Gasteiger partial charge >= 0.3 is 12.1 Å². The lowest BCUT2D eigenvalue weighted by Crippen LogP contribution is -2.53. The van der Waals surface area contributed by atoms with Crippen LogP contribution in [0, 0.1) is 5.41 Å². The lowest BCUT2D eigenvalue weighted by atomic mass is 9.68. The van der Waals surface area contributed by atoms with Gasteiger partial charge in [0.1, 0.15) is 6.61 Å². The Hall–Kier alpha value is -3.39. The van der Waals surface area contributed by atoms with E-state index in [9.17, 15) is 14.4 Å². The van der Waals surface area contributed by atoms with Crippen LogP contribution in [0.3, 0.4) is 0 Å². The van der Waals surface area contributed by atoms with E-state index in [0.29, 0.717) is 19.4 Å². The topological polar surface area (TPSA) is 114 Å². The summed E-state index contributed by atoms with van der Waals surface area (Å²) >= 11 is 0. The predicted octanol–water partition coefficient (Wildman–Crippen LogP) is 3.69. The zero-order valence-corrected chi connectivity index (χ0v) is 19.9. The molecule has 1 unspecified atom stereocenters. The van der Waals surface area contributed by atoms with Gasteiger partial charge in [0.25, 0.3) is 0 Å². The van der Waals surface area contributed by atoms with Crippen molar-refractivity contribution < 1.29 is 29.0 Å². The quantitative estimate of drug-likeness (QED) is 0.452. The molecule has 0 aromatic heterocycles. The van der Waals surface area contributed by atoms with Gasteiger partial charge in [-0.3, -0.25) is 9.59 Å². The lowest BCUT2D eigenvalue weighted by Gasteiger charge is -2.40. The molecule has 3 N–H and O–H groups in total. The number of carboxylic acids is 1. The minimum atomic E-state index is -0.979. The molecule has 1 atom stereocenters. The number of nitrogens with one attached hydrogen (secondary N) is 2. The molecule has 2 aliphatic rings. The molecule has 8 nitrogen and oxygen atoms in total. The molecule has 0 saturated heterocycles. The Balaban J connectivity index is 1.30. The zero-order valence-electron chi connectivity index (χ0n) is 19.9. The Labute approximate surface area is 205 Å². The lowest BCUT2D eigenvalue weighted by molar-refractivity contribution is -0.142.